The van der Waals surface area contributed by atoms with Gasteiger partial charge in [-0.2, -0.15) is 0 Å². The van der Waals surface area contributed by atoms with E-state index >= 15 is 0 Å². The van der Waals surface area contributed by atoms with E-state index in [0.29, 0.717) is 0 Å². The summed E-state index contributed by atoms with van der Waals surface area (Å²) in [5.74, 6) is 2.53. The summed E-state index contributed by atoms with van der Waals surface area (Å²) in [5.41, 5.74) is 1.11. The predicted octanol–water partition coefficient (Wildman–Crippen LogP) is 5.03. The molecule has 0 aliphatic carbocycles. The lowest BCUT2D eigenvalue weighted by Crippen LogP contribution is -2.03. The van der Waals surface area contributed by atoms with Crippen molar-refractivity contribution >= 4 is 31.5 Å². The molecule has 4 rings (SSSR count). The standard InChI is InChI=1S/C19H17N3S/c1-3-16-20-17(4-2)22-19(21-16)14-10-7-9-13-12-8-5-6-11-15(12)23-18(13)14/h5-11H,3-4H2,1-2H3. The Bertz CT molecular complexity index is 982. The molecule has 2 aromatic carbocycles. The van der Waals surface area contributed by atoms with E-state index in [1.807, 2.05) is 11.3 Å². The first kappa shape index (κ1) is 14.3. The Hall–Kier alpha value is -2.33. The van der Waals surface area contributed by atoms with E-state index in [0.717, 1.165) is 35.9 Å². The van der Waals surface area contributed by atoms with Gasteiger partial charge in [0.25, 0.3) is 0 Å². The molecule has 0 saturated heterocycles. The smallest absolute Gasteiger partial charge is 0.164 e. The summed E-state index contributed by atoms with van der Waals surface area (Å²) in [6.07, 6.45) is 1.65. The third-order valence-corrected chi connectivity index (χ3v) is 5.23. The fraction of sp³-hybridized carbons (Fsp3) is 0.211. The van der Waals surface area contributed by atoms with Gasteiger partial charge in [0.1, 0.15) is 11.6 Å². The molecule has 0 bridgehead atoms. The number of nitrogens with zero attached hydrogens (tertiary/aromatic N) is 3. The third kappa shape index (κ3) is 2.39. The third-order valence-electron chi connectivity index (χ3n) is 4.01. The van der Waals surface area contributed by atoms with Gasteiger partial charge < -0.3 is 0 Å². The Balaban J connectivity index is 2.02. The fourth-order valence-corrected chi connectivity index (χ4v) is 4.04. The lowest BCUT2D eigenvalue weighted by Gasteiger charge is -2.06. The molecular formula is C19H17N3S. The molecule has 0 N–H and O–H groups in total. The predicted molar refractivity (Wildman–Crippen MR) is 96.9 cm³/mol. The highest BCUT2D eigenvalue weighted by Crippen LogP contribution is 2.38. The monoisotopic (exact) mass is 319 g/mol. The van der Waals surface area contributed by atoms with Crippen LogP contribution in [-0.2, 0) is 12.8 Å². The van der Waals surface area contributed by atoms with Crippen LogP contribution in [-0.4, -0.2) is 15.0 Å². The van der Waals surface area contributed by atoms with Gasteiger partial charge in [-0.15, -0.1) is 11.3 Å². The molecule has 0 aliphatic heterocycles. The van der Waals surface area contributed by atoms with Crippen LogP contribution in [0.2, 0.25) is 0 Å². The van der Waals surface area contributed by atoms with Crippen molar-refractivity contribution in [1.29, 1.82) is 0 Å². The number of hydrogen-bond donors (Lipinski definition) is 0. The van der Waals surface area contributed by atoms with Gasteiger partial charge >= 0.3 is 0 Å². The van der Waals surface area contributed by atoms with Gasteiger partial charge in [0.2, 0.25) is 0 Å². The van der Waals surface area contributed by atoms with Crippen LogP contribution < -0.4 is 0 Å². The maximum Gasteiger partial charge on any atom is 0.164 e. The summed E-state index contributed by atoms with van der Waals surface area (Å²) in [5, 5.41) is 2.58. The van der Waals surface area contributed by atoms with Gasteiger partial charge in [-0.3, -0.25) is 0 Å². The zero-order valence-electron chi connectivity index (χ0n) is 13.2. The molecule has 0 fully saturated rings. The maximum absolute atomic E-state index is 4.67. The molecular weight excluding hydrogens is 302 g/mol. The van der Waals surface area contributed by atoms with Crippen LogP contribution in [0.25, 0.3) is 31.6 Å². The average Bonchev–Trinajstić information content (AvgIpc) is 3.00. The van der Waals surface area contributed by atoms with Crippen molar-refractivity contribution in [3.05, 3.63) is 54.1 Å². The fourth-order valence-electron chi connectivity index (χ4n) is 2.83. The molecule has 4 aromatic rings. The lowest BCUT2D eigenvalue weighted by atomic mass is 10.1. The number of hydrogen-bond acceptors (Lipinski definition) is 4. The molecule has 0 radical (unpaired) electrons. The first-order valence-electron chi connectivity index (χ1n) is 7.94. The molecule has 114 valence electrons. The highest BCUT2D eigenvalue weighted by molar-refractivity contribution is 7.26. The summed E-state index contributed by atoms with van der Waals surface area (Å²) in [4.78, 5) is 13.8. The minimum atomic E-state index is 0.797. The summed E-state index contributed by atoms with van der Waals surface area (Å²) >= 11 is 1.81. The van der Waals surface area contributed by atoms with E-state index < -0.39 is 0 Å². The van der Waals surface area contributed by atoms with E-state index in [4.69, 9.17) is 0 Å². The Labute approximate surface area is 139 Å². The van der Waals surface area contributed by atoms with Crippen molar-refractivity contribution in [1.82, 2.24) is 15.0 Å². The number of aromatic nitrogens is 3. The van der Waals surface area contributed by atoms with Crippen LogP contribution in [0.3, 0.4) is 0 Å². The second kappa shape index (κ2) is 5.70. The van der Waals surface area contributed by atoms with Crippen LogP contribution in [0, 0.1) is 0 Å². The first-order valence-corrected chi connectivity index (χ1v) is 8.76. The van der Waals surface area contributed by atoms with Crippen molar-refractivity contribution in [3.8, 4) is 11.4 Å². The Kier molecular flexibility index (Phi) is 3.54. The van der Waals surface area contributed by atoms with Crippen LogP contribution >= 0.6 is 11.3 Å². The van der Waals surface area contributed by atoms with Crippen molar-refractivity contribution in [2.24, 2.45) is 0 Å². The molecule has 0 saturated carbocycles. The second-order valence-electron chi connectivity index (χ2n) is 5.48. The van der Waals surface area contributed by atoms with Gasteiger partial charge in [0.15, 0.2) is 5.82 Å². The van der Waals surface area contributed by atoms with Gasteiger partial charge in [-0.25, -0.2) is 15.0 Å². The average molecular weight is 319 g/mol. The molecule has 2 heterocycles. The highest BCUT2D eigenvalue weighted by Gasteiger charge is 2.13. The zero-order chi connectivity index (χ0) is 15.8. The topological polar surface area (TPSA) is 38.7 Å². The van der Waals surface area contributed by atoms with Gasteiger partial charge in [0.05, 0.1) is 0 Å². The van der Waals surface area contributed by atoms with Crippen LogP contribution in [0.15, 0.2) is 42.5 Å². The number of rotatable bonds is 3. The quantitative estimate of drug-likeness (QED) is 0.531. The van der Waals surface area contributed by atoms with Crippen molar-refractivity contribution in [2.75, 3.05) is 0 Å². The van der Waals surface area contributed by atoms with Gasteiger partial charge in [0, 0.05) is 38.6 Å². The molecule has 23 heavy (non-hydrogen) atoms. The zero-order valence-corrected chi connectivity index (χ0v) is 14.0. The van der Waals surface area contributed by atoms with Crippen molar-refractivity contribution < 1.29 is 0 Å². The Morgan fingerprint density at radius 2 is 1.48 bits per heavy atom. The van der Waals surface area contributed by atoms with E-state index in [1.165, 1.54) is 20.2 Å². The van der Waals surface area contributed by atoms with Crippen LogP contribution in [0.5, 0.6) is 0 Å². The SMILES string of the molecule is CCc1nc(CC)nc(-c2cccc3c2sc2ccccc23)n1. The molecule has 4 heteroatoms. The molecule has 0 atom stereocenters. The van der Waals surface area contributed by atoms with E-state index in [-0.39, 0.29) is 0 Å². The second-order valence-corrected chi connectivity index (χ2v) is 6.53. The lowest BCUT2D eigenvalue weighted by molar-refractivity contribution is 0.832. The van der Waals surface area contributed by atoms with E-state index in [1.54, 1.807) is 0 Å². The van der Waals surface area contributed by atoms with Crippen LogP contribution in [0.4, 0.5) is 0 Å². The summed E-state index contributed by atoms with van der Waals surface area (Å²) < 4.78 is 2.56. The highest BCUT2D eigenvalue weighted by atomic mass is 32.1. The normalized spacial score (nSPS) is 11.4. The molecule has 0 unspecified atom stereocenters. The summed E-state index contributed by atoms with van der Waals surface area (Å²) in [7, 11) is 0. The van der Waals surface area contributed by atoms with Gasteiger partial charge in [-0.05, 0) is 12.1 Å². The summed E-state index contributed by atoms with van der Waals surface area (Å²) in [6.45, 7) is 4.16. The molecule has 3 nitrogen and oxygen atoms in total. The number of fused-ring (bicyclic) bond motifs is 3. The molecule has 0 amide bonds. The summed E-state index contributed by atoms with van der Waals surface area (Å²) in [6, 6.07) is 14.9. The largest absolute Gasteiger partial charge is 0.218 e. The van der Waals surface area contributed by atoms with Crippen molar-refractivity contribution in [2.45, 2.75) is 26.7 Å². The number of benzene rings is 2. The number of aryl methyl sites for hydroxylation is 2. The van der Waals surface area contributed by atoms with Crippen molar-refractivity contribution in [3.63, 3.8) is 0 Å². The Morgan fingerprint density at radius 1 is 0.783 bits per heavy atom. The van der Waals surface area contributed by atoms with Gasteiger partial charge in [-0.1, -0.05) is 44.2 Å². The minimum absolute atomic E-state index is 0.797. The van der Waals surface area contributed by atoms with E-state index in [9.17, 15) is 0 Å². The first-order chi connectivity index (χ1) is 11.3. The van der Waals surface area contributed by atoms with Crippen LogP contribution in [0.1, 0.15) is 25.5 Å². The number of thiophene rings is 1. The maximum atomic E-state index is 4.67. The molecule has 0 spiro atoms. The minimum Gasteiger partial charge on any atom is -0.218 e. The molecule has 0 aliphatic rings. The van der Waals surface area contributed by atoms with E-state index in [2.05, 4.69) is 71.3 Å². The molecule has 2 aromatic heterocycles. The Morgan fingerprint density at radius 3 is 2.22 bits per heavy atom.